The van der Waals surface area contributed by atoms with Gasteiger partial charge in [0.05, 0.1) is 0 Å². The normalized spacial score (nSPS) is 14.5. The molecule has 2 heteroatoms. The average molecular weight is 237 g/mol. The number of benzene rings is 2. The number of hydrogen-bond donors (Lipinski definition) is 0. The Bertz CT molecular complexity index is 604. The van der Waals surface area contributed by atoms with Crippen LogP contribution in [0.4, 0.5) is 5.69 Å². The van der Waals surface area contributed by atoms with Gasteiger partial charge in [0.1, 0.15) is 0 Å². The third-order valence-electron chi connectivity index (χ3n) is 3.50. The Hall–Kier alpha value is -2.09. The Kier molecular flexibility index (Phi) is 2.63. The Labute approximate surface area is 107 Å². The summed E-state index contributed by atoms with van der Waals surface area (Å²) in [6, 6.07) is 15.9. The minimum Gasteiger partial charge on any atom is -0.308 e. The molecular formula is C16H15NO. The standard InChI is InChI=1S/C16H15NO/c1-12-6-2-5-9-15(12)17-11-10-13-7-3-4-8-14(13)16(17)18/h2-9H,10-11H2,1H3. The first kappa shape index (κ1) is 11.0. The molecule has 0 aliphatic carbocycles. The van der Waals surface area contributed by atoms with Crippen molar-refractivity contribution in [2.75, 3.05) is 11.4 Å². The molecule has 3 rings (SSSR count). The molecule has 2 aromatic carbocycles. The third-order valence-corrected chi connectivity index (χ3v) is 3.50. The smallest absolute Gasteiger partial charge is 0.258 e. The van der Waals surface area contributed by atoms with E-state index in [1.807, 2.05) is 60.4 Å². The number of para-hydroxylation sites is 1. The molecule has 0 bridgehead atoms. The monoisotopic (exact) mass is 237 g/mol. The number of rotatable bonds is 1. The van der Waals surface area contributed by atoms with Crippen LogP contribution in [0, 0.1) is 6.92 Å². The van der Waals surface area contributed by atoms with Gasteiger partial charge in [-0.05, 0) is 36.6 Å². The van der Waals surface area contributed by atoms with Crippen molar-refractivity contribution in [1.29, 1.82) is 0 Å². The van der Waals surface area contributed by atoms with Crippen LogP contribution in [0.5, 0.6) is 0 Å². The fourth-order valence-corrected chi connectivity index (χ4v) is 2.52. The van der Waals surface area contributed by atoms with Gasteiger partial charge >= 0.3 is 0 Å². The van der Waals surface area contributed by atoms with Crippen LogP contribution in [-0.4, -0.2) is 12.5 Å². The van der Waals surface area contributed by atoms with Crippen LogP contribution in [0.3, 0.4) is 0 Å². The molecule has 90 valence electrons. The van der Waals surface area contributed by atoms with E-state index < -0.39 is 0 Å². The molecule has 0 atom stereocenters. The Balaban J connectivity index is 2.03. The summed E-state index contributed by atoms with van der Waals surface area (Å²) in [7, 11) is 0. The molecule has 0 saturated heterocycles. The topological polar surface area (TPSA) is 20.3 Å². The van der Waals surface area contributed by atoms with Gasteiger partial charge in [-0.3, -0.25) is 4.79 Å². The van der Waals surface area contributed by atoms with Crippen molar-refractivity contribution < 1.29 is 4.79 Å². The van der Waals surface area contributed by atoms with E-state index in [1.54, 1.807) is 0 Å². The van der Waals surface area contributed by atoms with Gasteiger partial charge in [-0.2, -0.15) is 0 Å². The van der Waals surface area contributed by atoms with Crippen LogP contribution >= 0.6 is 0 Å². The predicted octanol–water partition coefficient (Wildman–Crippen LogP) is 3.20. The van der Waals surface area contributed by atoms with Crippen molar-refractivity contribution in [3.05, 3.63) is 65.2 Å². The fourth-order valence-electron chi connectivity index (χ4n) is 2.52. The maximum Gasteiger partial charge on any atom is 0.258 e. The summed E-state index contributed by atoms with van der Waals surface area (Å²) in [4.78, 5) is 14.4. The van der Waals surface area contributed by atoms with Gasteiger partial charge in [0.2, 0.25) is 0 Å². The van der Waals surface area contributed by atoms with Gasteiger partial charge < -0.3 is 4.90 Å². The maximum absolute atomic E-state index is 12.5. The molecule has 0 spiro atoms. The molecule has 1 amide bonds. The molecule has 1 heterocycles. The molecule has 0 saturated carbocycles. The van der Waals surface area contributed by atoms with Crippen molar-refractivity contribution in [2.24, 2.45) is 0 Å². The van der Waals surface area contributed by atoms with Crippen molar-refractivity contribution >= 4 is 11.6 Å². The van der Waals surface area contributed by atoms with Gasteiger partial charge in [-0.25, -0.2) is 0 Å². The Morgan fingerprint density at radius 1 is 1.00 bits per heavy atom. The first-order chi connectivity index (χ1) is 8.77. The quantitative estimate of drug-likeness (QED) is 0.746. The first-order valence-electron chi connectivity index (χ1n) is 6.23. The lowest BCUT2D eigenvalue weighted by molar-refractivity contribution is 0.0980. The lowest BCUT2D eigenvalue weighted by atomic mass is 9.98. The molecule has 0 N–H and O–H groups in total. The number of hydrogen-bond acceptors (Lipinski definition) is 1. The largest absolute Gasteiger partial charge is 0.308 e. The minimum absolute atomic E-state index is 0.117. The van der Waals surface area contributed by atoms with E-state index in [4.69, 9.17) is 0 Å². The van der Waals surface area contributed by atoms with Crippen LogP contribution in [0.2, 0.25) is 0 Å². The van der Waals surface area contributed by atoms with E-state index >= 15 is 0 Å². The highest BCUT2D eigenvalue weighted by Crippen LogP contribution is 2.26. The summed E-state index contributed by atoms with van der Waals surface area (Å²) < 4.78 is 0. The summed E-state index contributed by atoms with van der Waals surface area (Å²) in [6.07, 6.45) is 0.927. The van der Waals surface area contributed by atoms with E-state index in [2.05, 4.69) is 0 Å². The highest BCUT2D eigenvalue weighted by Gasteiger charge is 2.25. The SMILES string of the molecule is Cc1ccccc1N1CCc2ccccc2C1=O. The molecule has 0 aromatic heterocycles. The molecule has 0 fully saturated rings. The predicted molar refractivity (Wildman–Crippen MR) is 73.0 cm³/mol. The third kappa shape index (κ3) is 1.70. The van der Waals surface area contributed by atoms with E-state index in [1.165, 1.54) is 0 Å². The van der Waals surface area contributed by atoms with E-state index in [0.29, 0.717) is 0 Å². The number of fused-ring (bicyclic) bond motifs is 1. The summed E-state index contributed by atoms with van der Waals surface area (Å²) in [6.45, 7) is 2.81. The van der Waals surface area contributed by atoms with Crippen LogP contribution in [0.25, 0.3) is 0 Å². The van der Waals surface area contributed by atoms with Crippen molar-refractivity contribution in [2.45, 2.75) is 13.3 Å². The highest BCUT2D eigenvalue weighted by atomic mass is 16.2. The summed E-state index contributed by atoms with van der Waals surface area (Å²) in [5.41, 5.74) is 4.17. The zero-order valence-corrected chi connectivity index (χ0v) is 10.4. The highest BCUT2D eigenvalue weighted by molar-refractivity contribution is 6.08. The number of amides is 1. The van der Waals surface area contributed by atoms with Crippen molar-refractivity contribution in [1.82, 2.24) is 0 Å². The molecule has 0 unspecified atom stereocenters. The number of carbonyl (C=O) groups excluding carboxylic acids is 1. The molecule has 0 radical (unpaired) electrons. The van der Waals surface area contributed by atoms with Crippen LogP contribution in [-0.2, 0) is 6.42 Å². The molecule has 1 aliphatic rings. The zero-order valence-electron chi connectivity index (χ0n) is 10.4. The number of carbonyl (C=O) groups is 1. The number of anilines is 1. The van der Waals surface area contributed by atoms with E-state index in [0.717, 1.165) is 35.3 Å². The van der Waals surface area contributed by atoms with Crippen LogP contribution in [0.1, 0.15) is 21.5 Å². The molecule has 2 aromatic rings. The Morgan fingerprint density at radius 3 is 2.56 bits per heavy atom. The van der Waals surface area contributed by atoms with E-state index in [9.17, 15) is 4.79 Å². The van der Waals surface area contributed by atoms with Crippen molar-refractivity contribution in [3.63, 3.8) is 0 Å². The number of aryl methyl sites for hydroxylation is 1. The molecular weight excluding hydrogens is 222 g/mol. The van der Waals surface area contributed by atoms with Crippen LogP contribution < -0.4 is 4.90 Å². The van der Waals surface area contributed by atoms with Gasteiger partial charge in [0.15, 0.2) is 0 Å². The average Bonchev–Trinajstić information content (AvgIpc) is 2.41. The molecule has 18 heavy (non-hydrogen) atoms. The van der Waals surface area contributed by atoms with Gasteiger partial charge in [0, 0.05) is 17.8 Å². The summed E-state index contributed by atoms with van der Waals surface area (Å²) in [5, 5.41) is 0. The van der Waals surface area contributed by atoms with Crippen molar-refractivity contribution in [3.8, 4) is 0 Å². The lowest BCUT2D eigenvalue weighted by Crippen LogP contribution is -2.37. The van der Waals surface area contributed by atoms with Gasteiger partial charge in [0.25, 0.3) is 5.91 Å². The second-order valence-corrected chi connectivity index (χ2v) is 4.65. The molecule has 1 aliphatic heterocycles. The second-order valence-electron chi connectivity index (χ2n) is 4.65. The second kappa shape index (κ2) is 4.30. The lowest BCUT2D eigenvalue weighted by Gasteiger charge is -2.29. The minimum atomic E-state index is 0.117. The summed E-state index contributed by atoms with van der Waals surface area (Å²) >= 11 is 0. The van der Waals surface area contributed by atoms with E-state index in [-0.39, 0.29) is 5.91 Å². The molecule has 2 nitrogen and oxygen atoms in total. The fraction of sp³-hybridized carbons (Fsp3) is 0.188. The number of nitrogens with zero attached hydrogens (tertiary/aromatic N) is 1. The zero-order chi connectivity index (χ0) is 12.5. The first-order valence-corrected chi connectivity index (χ1v) is 6.23. The van der Waals surface area contributed by atoms with Gasteiger partial charge in [-0.1, -0.05) is 36.4 Å². The summed E-state index contributed by atoms with van der Waals surface area (Å²) in [5.74, 6) is 0.117. The van der Waals surface area contributed by atoms with Crippen LogP contribution in [0.15, 0.2) is 48.5 Å². The Morgan fingerprint density at radius 2 is 1.72 bits per heavy atom. The maximum atomic E-state index is 12.5. The van der Waals surface area contributed by atoms with Gasteiger partial charge in [-0.15, -0.1) is 0 Å².